The van der Waals surface area contributed by atoms with Crippen molar-refractivity contribution in [2.75, 3.05) is 6.61 Å². The van der Waals surface area contributed by atoms with E-state index in [-0.39, 0.29) is 23.7 Å². The minimum atomic E-state index is -0.731. The Bertz CT molecular complexity index is 994. The summed E-state index contributed by atoms with van der Waals surface area (Å²) >= 11 is 0. The molecule has 2 N–H and O–H groups in total. The Hall–Kier alpha value is -3.64. The smallest absolute Gasteiger partial charge is 0.338 e. The van der Waals surface area contributed by atoms with E-state index in [1.807, 2.05) is 6.07 Å². The van der Waals surface area contributed by atoms with Crippen molar-refractivity contribution in [1.82, 2.24) is 0 Å². The molecule has 0 heterocycles. The first-order chi connectivity index (χ1) is 13.9. The molecule has 0 aliphatic carbocycles. The lowest BCUT2D eigenvalue weighted by atomic mass is 10.0. The van der Waals surface area contributed by atoms with E-state index >= 15 is 0 Å². The molecule has 0 fully saturated rings. The zero-order valence-corrected chi connectivity index (χ0v) is 15.7. The van der Waals surface area contributed by atoms with Gasteiger partial charge in [-0.05, 0) is 43.3 Å². The predicted octanol–water partition coefficient (Wildman–Crippen LogP) is 3.95. The normalized spacial score (nSPS) is 11.5. The van der Waals surface area contributed by atoms with Gasteiger partial charge >= 0.3 is 5.97 Å². The number of hydrogen-bond acceptors (Lipinski definition) is 6. The maximum atomic E-state index is 12.5. The Morgan fingerprint density at radius 1 is 0.897 bits per heavy atom. The van der Waals surface area contributed by atoms with Crippen molar-refractivity contribution in [3.05, 3.63) is 89.5 Å². The molecule has 0 aliphatic heterocycles. The first kappa shape index (κ1) is 20.1. The fourth-order valence-corrected chi connectivity index (χ4v) is 2.59. The fourth-order valence-electron chi connectivity index (χ4n) is 2.59. The molecule has 0 aromatic heterocycles. The topological polar surface area (TPSA) is 93.1 Å². The minimum absolute atomic E-state index is 0.0790. The molecule has 0 bridgehead atoms. The van der Waals surface area contributed by atoms with E-state index in [1.165, 1.54) is 31.2 Å². The van der Waals surface area contributed by atoms with Crippen LogP contribution in [0.15, 0.2) is 72.8 Å². The number of aliphatic hydroxyl groups excluding tert-OH is 1. The Morgan fingerprint density at radius 3 is 2.17 bits per heavy atom. The molecule has 148 valence electrons. The van der Waals surface area contributed by atoms with Gasteiger partial charge in [0.05, 0.1) is 17.2 Å². The lowest BCUT2D eigenvalue weighted by Crippen LogP contribution is -2.15. The molecule has 0 amide bonds. The summed E-state index contributed by atoms with van der Waals surface area (Å²) in [6, 6.07) is 19.4. The summed E-state index contributed by atoms with van der Waals surface area (Å²) in [5, 5.41) is 19.4. The Morgan fingerprint density at radius 2 is 1.55 bits per heavy atom. The van der Waals surface area contributed by atoms with E-state index in [2.05, 4.69) is 0 Å². The summed E-state index contributed by atoms with van der Waals surface area (Å²) in [7, 11) is 0. The van der Waals surface area contributed by atoms with Crippen molar-refractivity contribution in [2.24, 2.45) is 0 Å². The summed E-state index contributed by atoms with van der Waals surface area (Å²) < 4.78 is 10.6. The summed E-state index contributed by atoms with van der Waals surface area (Å²) in [4.78, 5) is 24.3. The molecular formula is C23H20O6. The molecule has 6 heteroatoms. The second kappa shape index (κ2) is 9.03. The van der Waals surface area contributed by atoms with Gasteiger partial charge in [-0.3, -0.25) is 4.79 Å². The molecule has 0 aliphatic rings. The van der Waals surface area contributed by atoms with Gasteiger partial charge in [-0.1, -0.05) is 30.3 Å². The summed E-state index contributed by atoms with van der Waals surface area (Å²) in [6.07, 6.45) is -0.731. The molecule has 3 aromatic carbocycles. The van der Waals surface area contributed by atoms with Gasteiger partial charge in [0.2, 0.25) is 0 Å². The molecule has 1 atom stereocenters. The molecule has 6 nitrogen and oxygen atoms in total. The van der Waals surface area contributed by atoms with Gasteiger partial charge in [0.1, 0.15) is 23.9 Å². The number of carbonyl (C=O) groups excluding carboxylic acids is 2. The number of ether oxygens (including phenoxy) is 2. The highest BCUT2D eigenvalue weighted by molar-refractivity contribution is 6.10. The van der Waals surface area contributed by atoms with Crippen molar-refractivity contribution in [2.45, 2.75) is 13.0 Å². The number of phenols is 1. The van der Waals surface area contributed by atoms with Crippen molar-refractivity contribution in [1.29, 1.82) is 0 Å². The third-order valence-corrected chi connectivity index (χ3v) is 4.03. The Kier molecular flexibility index (Phi) is 6.26. The van der Waals surface area contributed by atoms with Crippen molar-refractivity contribution in [3.63, 3.8) is 0 Å². The minimum Gasteiger partial charge on any atom is -0.507 e. The highest BCUT2D eigenvalue weighted by atomic mass is 16.5. The monoisotopic (exact) mass is 392 g/mol. The average Bonchev–Trinajstić information content (AvgIpc) is 2.73. The largest absolute Gasteiger partial charge is 0.507 e. The summed E-state index contributed by atoms with van der Waals surface area (Å²) in [5.74, 6) is -0.224. The molecule has 29 heavy (non-hydrogen) atoms. The Labute approximate surface area is 168 Å². The maximum Gasteiger partial charge on any atom is 0.338 e. The standard InChI is InChI=1S/C23H20O6/c1-15(24)14-28-23(27)17-7-9-18(10-8-17)29-19-11-12-20(21(25)13-19)22(26)16-5-3-2-4-6-16/h2-13,15,24-25H,14H2,1H3. The number of benzene rings is 3. The number of aromatic hydroxyl groups is 1. The van der Waals surface area contributed by atoms with Gasteiger partial charge in [-0.25, -0.2) is 4.79 Å². The van der Waals surface area contributed by atoms with E-state index in [1.54, 1.807) is 42.5 Å². The number of carbonyl (C=O) groups is 2. The maximum absolute atomic E-state index is 12.5. The Balaban J connectivity index is 1.68. The number of phenolic OH excluding ortho intramolecular Hbond substituents is 1. The number of aliphatic hydroxyl groups is 1. The van der Waals surface area contributed by atoms with Crippen molar-refractivity contribution >= 4 is 11.8 Å². The van der Waals surface area contributed by atoms with Crippen LogP contribution in [0.3, 0.4) is 0 Å². The van der Waals surface area contributed by atoms with Gasteiger partial charge in [0, 0.05) is 11.6 Å². The predicted molar refractivity (Wildman–Crippen MR) is 106 cm³/mol. The first-order valence-electron chi connectivity index (χ1n) is 9.00. The zero-order chi connectivity index (χ0) is 20.8. The molecule has 0 saturated carbocycles. The van der Waals surface area contributed by atoms with Gasteiger partial charge in [0.15, 0.2) is 5.78 Å². The van der Waals surface area contributed by atoms with Crippen LogP contribution in [-0.2, 0) is 4.74 Å². The molecule has 0 radical (unpaired) electrons. The van der Waals surface area contributed by atoms with E-state index in [0.717, 1.165) is 0 Å². The van der Waals surface area contributed by atoms with Gasteiger partial charge in [-0.2, -0.15) is 0 Å². The van der Waals surface area contributed by atoms with E-state index in [4.69, 9.17) is 14.6 Å². The van der Waals surface area contributed by atoms with Crippen LogP contribution in [0.4, 0.5) is 0 Å². The first-order valence-corrected chi connectivity index (χ1v) is 9.00. The lowest BCUT2D eigenvalue weighted by molar-refractivity contribution is 0.0296. The van der Waals surface area contributed by atoms with E-state index in [9.17, 15) is 14.7 Å². The van der Waals surface area contributed by atoms with E-state index < -0.39 is 12.1 Å². The summed E-state index contributed by atoms with van der Waals surface area (Å²) in [5.41, 5.74) is 0.985. The number of hydrogen-bond donors (Lipinski definition) is 2. The lowest BCUT2D eigenvalue weighted by Gasteiger charge is -2.10. The number of rotatable bonds is 7. The molecular weight excluding hydrogens is 372 g/mol. The quantitative estimate of drug-likeness (QED) is 0.467. The average molecular weight is 392 g/mol. The SMILES string of the molecule is CC(O)COC(=O)c1ccc(Oc2ccc(C(=O)c3ccccc3)c(O)c2)cc1. The van der Waals surface area contributed by atoms with E-state index in [0.29, 0.717) is 22.6 Å². The van der Waals surface area contributed by atoms with Crippen LogP contribution >= 0.6 is 0 Å². The van der Waals surface area contributed by atoms with Crippen LogP contribution in [0.2, 0.25) is 0 Å². The second-order valence-electron chi connectivity index (χ2n) is 6.45. The van der Waals surface area contributed by atoms with Crippen LogP contribution in [0, 0.1) is 0 Å². The van der Waals surface area contributed by atoms with Crippen molar-refractivity contribution < 1.29 is 29.3 Å². The van der Waals surface area contributed by atoms with Crippen LogP contribution in [0.25, 0.3) is 0 Å². The van der Waals surface area contributed by atoms with Gasteiger partial charge in [0.25, 0.3) is 0 Å². The molecule has 3 rings (SSSR count). The third-order valence-electron chi connectivity index (χ3n) is 4.03. The molecule has 1 unspecified atom stereocenters. The van der Waals surface area contributed by atoms with Crippen LogP contribution in [0.1, 0.15) is 33.2 Å². The van der Waals surface area contributed by atoms with Crippen LogP contribution in [0.5, 0.6) is 17.2 Å². The van der Waals surface area contributed by atoms with Crippen molar-refractivity contribution in [3.8, 4) is 17.2 Å². The van der Waals surface area contributed by atoms with Gasteiger partial charge in [-0.15, -0.1) is 0 Å². The highest BCUT2D eigenvalue weighted by Gasteiger charge is 2.14. The highest BCUT2D eigenvalue weighted by Crippen LogP contribution is 2.29. The van der Waals surface area contributed by atoms with Crippen LogP contribution in [-0.4, -0.2) is 34.7 Å². The zero-order valence-electron chi connectivity index (χ0n) is 15.7. The van der Waals surface area contributed by atoms with Gasteiger partial charge < -0.3 is 19.7 Å². The third kappa shape index (κ3) is 5.21. The summed E-state index contributed by atoms with van der Waals surface area (Å²) in [6.45, 7) is 1.45. The molecule has 0 spiro atoms. The fraction of sp³-hybridized carbons (Fsp3) is 0.130. The molecule has 3 aromatic rings. The second-order valence-corrected chi connectivity index (χ2v) is 6.45. The van der Waals surface area contributed by atoms with Crippen LogP contribution < -0.4 is 4.74 Å². The molecule has 0 saturated heterocycles. The number of ketones is 1. The number of esters is 1.